The number of benzene rings is 1. The van der Waals surface area contributed by atoms with Gasteiger partial charge in [0.2, 0.25) is 0 Å². The van der Waals surface area contributed by atoms with Crippen LogP contribution in [0.15, 0.2) is 24.3 Å². The van der Waals surface area contributed by atoms with Gasteiger partial charge < -0.3 is 15.0 Å². The summed E-state index contributed by atoms with van der Waals surface area (Å²) in [6.45, 7) is 0.562. The number of thiocarbonyl (C=S) groups is 1. The highest BCUT2D eigenvalue weighted by molar-refractivity contribution is 7.91. The molecule has 3 rings (SSSR count). The highest BCUT2D eigenvalue weighted by atomic mass is 32.2. The van der Waals surface area contributed by atoms with E-state index < -0.39 is 9.84 Å². The van der Waals surface area contributed by atoms with Gasteiger partial charge in [0, 0.05) is 12.1 Å². The molecular weight excluding hydrogens is 296 g/mol. The van der Waals surface area contributed by atoms with Crippen LogP contribution in [0, 0.1) is 0 Å². The molecule has 2 fully saturated rings. The van der Waals surface area contributed by atoms with Gasteiger partial charge in [0.15, 0.2) is 14.9 Å². The average Bonchev–Trinajstić information content (AvgIpc) is 2.83. The molecule has 2 aliphatic rings. The summed E-state index contributed by atoms with van der Waals surface area (Å²) in [5.74, 6) is 1.12. The van der Waals surface area contributed by atoms with E-state index in [0.717, 1.165) is 11.3 Å². The molecule has 5 nitrogen and oxygen atoms in total. The van der Waals surface area contributed by atoms with Crippen molar-refractivity contribution in [1.82, 2.24) is 10.2 Å². The predicted octanol–water partition coefficient (Wildman–Crippen LogP) is 0.551. The van der Waals surface area contributed by atoms with Gasteiger partial charge in [-0.3, -0.25) is 0 Å². The van der Waals surface area contributed by atoms with Crippen LogP contribution in [0.25, 0.3) is 0 Å². The van der Waals surface area contributed by atoms with Gasteiger partial charge in [0.1, 0.15) is 5.75 Å². The molecule has 2 saturated heterocycles. The van der Waals surface area contributed by atoms with E-state index in [4.69, 9.17) is 17.0 Å². The molecule has 2 heterocycles. The van der Waals surface area contributed by atoms with Gasteiger partial charge in [-0.25, -0.2) is 8.42 Å². The van der Waals surface area contributed by atoms with Crippen molar-refractivity contribution in [3.8, 4) is 5.75 Å². The lowest BCUT2D eigenvalue weighted by atomic mass is 10.1. The summed E-state index contributed by atoms with van der Waals surface area (Å²) in [5, 5.41) is 3.74. The van der Waals surface area contributed by atoms with E-state index in [2.05, 4.69) is 5.32 Å². The fraction of sp³-hybridized carbons (Fsp3) is 0.462. The number of methoxy groups -OCH3 is 1. The van der Waals surface area contributed by atoms with Crippen LogP contribution < -0.4 is 10.1 Å². The van der Waals surface area contributed by atoms with Crippen molar-refractivity contribution < 1.29 is 13.2 Å². The number of sulfone groups is 1. The van der Waals surface area contributed by atoms with E-state index in [9.17, 15) is 8.42 Å². The third kappa shape index (κ3) is 2.35. The fourth-order valence-electron chi connectivity index (χ4n) is 2.87. The largest absolute Gasteiger partial charge is 0.496 e. The molecule has 1 aromatic carbocycles. The monoisotopic (exact) mass is 312 g/mol. The zero-order chi connectivity index (χ0) is 14.3. The summed E-state index contributed by atoms with van der Waals surface area (Å²) >= 11 is 5.33. The van der Waals surface area contributed by atoms with Crippen molar-refractivity contribution in [2.45, 2.75) is 18.6 Å². The first-order chi connectivity index (χ1) is 9.50. The molecule has 1 N–H and O–H groups in total. The highest BCUT2D eigenvalue weighted by Crippen LogP contribution is 2.28. The summed E-state index contributed by atoms with van der Waals surface area (Å²) < 4.78 is 28.8. The first kappa shape index (κ1) is 13.6. The molecule has 0 spiro atoms. The molecule has 0 radical (unpaired) electrons. The second-order valence-corrected chi connectivity index (χ2v) is 7.68. The van der Waals surface area contributed by atoms with Gasteiger partial charge in [-0.2, -0.15) is 0 Å². The van der Waals surface area contributed by atoms with Crippen molar-refractivity contribution >= 4 is 27.2 Å². The summed E-state index contributed by atoms with van der Waals surface area (Å²) in [6, 6.07) is 7.56. The van der Waals surface area contributed by atoms with E-state index >= 15 is 0 Å². The van der Waals surface area contributed by atoms with Gasteiger partial charge in [-0.05, 0) is 18.3 Å². The van der Waals surface area contributed by atoms with E-state index in [-0.39, 0.29) is 23.6 Å². The molecule has 108 valence electrons. The van der Waals surface area contributed by atoms with Crippen molar-refractivity contribution in [3.63, 3.8) is 0 Å². The quantitative estimate of drug-likeness (QED) is 0.823. The number of para-hydroxylation sites is 1. The molecule has 0 amide bonds. The zero-order valence-electron chi connectivity index (χ0n) is 11.1. The number of hydrogen-bond acceptors (Lipinski definition) is 4. The predicted molar refractivity (Wildman–Crippen MR) is 80.5 cm³/mol. The number of nitrogens with one attached hydrogen (secondary N) is 1. The van der Waals surface area contributed by atoms with E-state index in [0.29, 0.717) is 11.7 Å². The van der Waals surface area contributed by atoms with Crippen LogP contribution in [0.2, 0.25) is 0 Å². The fourth-order valence-corrected chi connectivity index (χ4v) is 5.14. The summed E-state index contributed by atoms with van der Waals surface area (Å²) in [5.41, 5.74) is 1.00. The van der Waals surface area contributed by atoms with E-state index in [1.807, 2.05) is 29.2 Å². The lowest BCUT2D eigenvalue weighted by Crippen LogP contribution is -2.36. The number of rotatable bonds is 3. The van der Waals surface area contributed by atoms with Gasteiger partial charge >= 0.3 is 0 Å². The molecule has 0 bridgehead atoms. The second kappa shape index (κ2) is 4.89. The molecule has 0 aliphatic carbocycles. The Kier molecular flexibility index (Phi) is 3.33. The average molecular weight is 312 g/mol. The normalized spacial score (nSPS) is 27.2. The van der Waals surface area contributed by atoms with Crippen molar-refractivity contribution in [2.24, 2.45) is 0 Å². The van der Waals surface area contributed by atoms with Crippen LogP contribution in [0.1, 0.15) is 5.56 Å². The minimum Gasteiger partial charge on any atom is -0.496 e. The van der Waals surface area contributed by atoms with Gasteiger partial charge in [0.05, 0.1) is 30.7 Å². The summed E-state index contributed by atoms with van der Waals surface area (Å²) in [4.78, 5) is 1.96. The first-order valence-corrected chi connectivity index (χ1v) is 8.62. The minimum atomic E-state index is -2.96. The van der Waals surface area contributed by atoms with Crippen molar-refractivity contribution in [1.29, 1.82) is 0 Å². The lowest BCUT2D eigenvalue weighted by Gasteiger charge is -2.24. The maximum absolute atomic E-state index is 11.7. The molecule has 0 saturated carbocycles. The number of ether oxygens (including phenoxy) is 1. The molecule has 0 unspecified atom stereocenters. The van der Waals surface area contributed by atoms with Crippen LogP contribution in [0.4, 0.5) is 0 Å². The molecule has 0 aromatic heterocycles. The molecule has 2 aliphatic heterocycles. The van der Waals surface area contributed by atoms with E-state index in [1.165, 1.54) is 0 Å². The minimum absolute atomic E-state index is 0.0718. The van der Waals surface area contributed by atoms with Crippen LogP contribution in [-0.4, -0.2) is 49.1 Å². The molecule has 20 heavy (non-hydrogen) atoms. The zero-order valence-corrected chi connectivity index (χ0v) is 12.7. The van der Waals surface area contributed by atoms with Crippen LogP contribution in [0.5, 0.6) is 5.75 Å². The topological polar surface area (TPSA) is 58.6 Å². The van der Waals surface area contributed by atoms with Crippen molar-refractivity contribution in [2.75, 3.05) is 18.6 Å². The first-order valence-electron chi connectivity index (χ1n) is 6.39. The summed E-state index contributed by atoms with van der Waals surface area (Å²) in [7, 11) is -1.34. The maximum atomic E-state index is 11.7. The Morgan fingerprint density at radius 2 is 2.15 bits per heavy atom. The van der Waals surface area contributed by atoms with Crippen molar-refractivity contribution in [3.05, 3.63) is 29.8 Å². The smallest absolute Gasteiger partial charge is 0.169 e. The molecule has 1 aromatic rings. The third-order valence-electron chi connectivity index (χ3n) is 3.83. The Hall–Kier alpha value is -1.34. The van der Waals surface area contributed by atoms with Crippen LogP contribution >= 0.6 is 12.2 Å². The van der Waals surface area contributed by atoms with Gasteiger partial charge in [-0.15, -0.1) is 0 Å². The molecule has 7 heteroatoms. The Bertz CT molecular complexity index is 645. The standard InChI is InChI=1S/C13H16N2O3S2/c1-18-12-5-3-2-4-9(12)6-15-11-8-20(16,17)7-10(11)14-13(15)19/h2-5,10-11H,6-8H2,1H3,(H,14,19)/t10-,11-/m0/s1. The maximum Gasteiger partial charge on any atom is 0.169 e. The number of fused-ring (bicyclic) bond motifs is 1. The number of nitrogens with zero attached hydrogens (tertiary/aromatic N) is 1. The SMILES string of the molecule is COc1ccccc1CN1C(=S)N[C@H]2CS(=O)(=O)C[C@@H]21. The summed E-state index contributed by atoms with van der Waals surface area (Å²) in [6.07, 6.45) is 0. The number of hydrogen-bond donors (Lipinski definition) is 1. The van der Waals surface area contributed by atoms with Gasteiger partial charge in [0.25, 0.3) is 0 Å². The van der Waals surface area contributed by atoms with E-state index in [1.54, 1.807) is 7.11 Å². The molecular formula is C13H16N2O3S2. The van der Waals surface area contributed by atoms with Crippen LogP contribution in [0.3, 0.4) is 0 Å². The Morgan fingerprint density at radius 1 is 1.40 bits per heavy atom. The Labute approximate surface area is 123 Å². The van der Waals surface area contributed by atoms with Gasteiger partial charge in [-0.1, -0.05) is 18.2 Å². The second-order valence-electron chi connectivity index (χ2n) is 5.14. The lowest BCUT2D eigenvalue weighted by molar-refractivity contribution is 0.337. The highest BCUT2D eigenvalue weighted by Gasteiger charge is 2.47. The Balaban J connectivity index is 1.85. The molecule has 2 atom stereocenters. The van der Waals surface area contributed by atoms with Crippen LogP contribution in [-0.2, 0) is 16.4 Å². The third-order valence-corrected chi connectivity index (χ3v) is 5.89. The Morgan fingerprint density at radius 3 is 2.90 bits per heavy atom.